The van der Waals surface area contributed by atoms with Gasteiger partial charge in [-0.1, -0.05) is 31.2 Å². The molecule has 3 heteroatoms. The van der Waals surface area contributed by atoms with Gasteiger partial charge in [-0.05, 0) is 51.5 Å². The van der Waals surface area contributed by atoms with E-state index in [0.717, 1.165) is 19.5 Å². The molecule has 2 unspecified atom stereocenters. The first-order chi connectivity index (χ1) is 10.1. The average Bonchev–Trinajstić information content (AvgIpc) is 2.48. The molecule has 2 atom stereocenters. The molecule has 1 aromatic carbocycles. The van der Waals surface area contributed by atoms with Gasteiger partial charge < -0.3 is 10.2 Å². The number of piperazine rings is 1. The highest BCUT2D eigenvalue weighted by Crippen LogP contribution is 2.16. The molecule has 21 heavy (non-hydrogen) atoms. The highest BCUT2D eigenvalue weighted by atomic mass is 15.3. The van der Waals surface area contributed by atoms with E-state index in [9.17, 15) is 0 Å². The van der Waals surface area contributed by atoms with Crippen LogP contribution in [0.3, 0.4) is 0 Å². The molecule has 1 aromatic rings. The van der Waals surface area contributed by atoms with Crippen molar-refractivity contribution in [3.05, 3.63) is 35.4 Å². The summed E-state index contributed by atoms with van der Waals surface area (Å²) in [6, 6.07) is 9.92. The molecular formula is C18H31N3. The first kappa shape index (κ1) is 16.5. The van der Waals surface area contributed by atoms with Crippen LogP contribution in [0.4, 0.5) is 0 Å². The molecule has 0 saturated carbocycles. The highest BCUT2D eigenvalue weighted by molar-refractivity contribution is 5.26. The summed E-state index contributed by atoms with van der Waals surface area (Å²) >= 11 is 0. The van der Waals surface area contributed by atoms with Crippen molar-refractivity contribution in [2.24, 2.45) is 0 Å². The summed E-state index contributed by atoms with van der Waals surface area (Å²) in [5.41, 5.74) is 2.89. The van der Waals surface area contributed by atoms with Gasteiger partial charge in [-0.25, -0.2) is 0 Å². The number of rotatable bonds is 6. The monoisotopic (exact) mass is 289 g/mol. The molecule has 0 amide bonds. The van der Waals surface area contributed by atoms with Gasteiger partial charge in [-0.15, -0.1) is 0 Å². The van der Waals surface area contributed by atoms with Gasteiger partial charge >= 0.3 is 0 Å². The van der Waals surface area contributed by atoms with Gasteiger partial charge in [-0.2, -0.15) is 0 Å². The molecule has 1 aliphatic heterocycles. The van der Waals surface area contributed by atoms with E-state index in [4.69, 9.17) is 0 Å². The summed E-state index contributed by atoms with van der Waals surface area (Å²) in [6.07, 6.45) is 2.31. The number of benzene rings is 1. The lowest BCUT2D eigenvalue weighted by molar-refractivity contribution is 0.0876. The van der Waals surface area contributed by atoms with Crippen molar-refractivity contribution >= 4 is 0 Å². The van der Waals surface area contributed by atoms with Crippen LogP contribution in [0.25, 0.3) is 0 Å². The highest BCUT2D eigenvalue weighted by Gasteiger charge is 2.29. The molecule has 2 rings (SSSR count). The third-order valence-corrected chi connectivity index (χ3v) is 4.72. The van der Waals surface area contributed by atoms with Crippen LogP contribution in [0.2, 0.25) is 0 Å². The standard InChI is InChI=1S/C18H31N3/c1-5-10-19-17(13-16-9-7-6-8-15(16)2)18-14-20(3)11-12-21(18)4/h6-9,17-19H,5,10-14H2,1-4H3. The molecule has 0 aromatic heterocycles. The van der Waals surface area contributed by atoms with Crippen molar-refractivity contribution in [1.29, 1.82) is 0 Å². The number of nitrogens with one attached hydrogen (secondary N) is 1. The Labute approximate surface area is 130 Å². The van der Waals surface area contributed by atoms with Crippen molar-refractivity contribution in [3.8, 4) is 0 Å². The summed E-state index contributed by atoms with van der Waals surface area (Å²) in [7, 11) is 4.51. The molecule has 0 bridgehead atoms. The molecule has 0 aliphatic carbocycles. The molecule has 3 nitrogen and oxygen atoms in total. The molecule has 1 fully saturated rings. The van der Waals surface area contributed by atoms with Gasteiger partial charge in [0.25, 0.3) is 0 Å². The van der Waals surface area contributed by atoms with Crippen LogP contribution >= 0.6 is 0 Å². The minimum atomic E-state index is 0.527. The molecular weight excluding hydrogens is 258 g/mol. The third-order valence-electron chi connectivity index (χ3n) is 4.72. The molecule has 118 valence electrons. The number of hydrogen-bond donors (Lipinski definition) is 1. The number of aryl methyl sites for hydroxylation is 1. The third kappa shape index (κ3) is 4.53. The number of hydrogen-bond acceptors (Lipinski definition) is 3. The number of nitrogens with zero attached hydrogens (tertiary/aromatic N) is 2. The molecule has 1 aliphatic rings. The Bertz CT molecular complexity index is 432. The Morgan fingerprint density at radius 2 is 2.00 bits per heavy atom. The van der Waals surface area contributed by atoms with Crippen LogP contribution in [0.1, 0.15) is 24.5 Å². The second-order valence-corrected chi connectivity index (χ2v) is 6.50. The fraction of sp³-hybridized carbons (Fsp3) is 0.667. The smallest absolute Gasteiger partial charge is 0.0377 e. The Morgan fingerprint density at radius 1 is 1.24 bits per heavy atom. The van der Waals surface area contributed by atoms with E-state index in [0.29, 0.717) is 12.1 Å². The zero-order valence-corrected chi connectivity index (χ0v) is 14.1. The van der Waals surface area contributed by atoms with E-state index in [2.05, 4.69) is 67.3 Å². The minimum Gasteiger partial charge on any atom is -0.312 e. The first-order valence-corrected chi connectivity index (χ1v) is 8.28. The minimum absolute atomic E-state index is 0.527. The maximum Gasteiger partial charge on any atom is 0.0377 e. The average molecular weight is 289 g/mol. The summed E-state index contributed by atoms with van der Waals surface area (Å²) < 4.78 is 0. The molecule has 0 radical (unpaired) electrons. The van der Waals surface area contributed by atoms with Gasteiger partial charge in [0, 0.05) is 31.7 Å². The topological polar surface area (TPSA) is 18.5 Å². The molecule has 1 N–H and O–H groups in total. The predicted octanol–water partition coefficient (Wildman–Crippen LogP) is 2.15. The van der Waals surface area contributed by atoms with Crippen LogP contribution in [-0.2, 0) is 6.42 Å². The van der Waals surface area contributed by atoms with Crippen LogP contribution < -0.4 is 5.32 Å². The van der Waals surface area contributed by atoms with Gasteiger partial charge in [-0.3, -0.25) is 4.90 Å². The molecule has 0 spiro atoms. The lowest BCUT2D eigenvalue weighted by Gasteiger charge is -2.42. The lowest BCUT2D eigenvalue weighted by atomic mass is 9.94. The van der Waals surface area contributed by atoms with E-state index >= 15 is 0 Å². The van der Waals surface area contributed by atoms with Crippen molar-refractivity contribution in [1.82, 2.24) is 15.1 Å². The SMILES string of the molecule is CCCNC(Cc1ccccc1C)C1CN(C)CCN1C. The quantitative estimate of drug-likeness (QED) is 0.866. The van der Waals surface area contributed by atoms with Crippen molar-refractivity contribution < 1.29 is 0 Å². The van der Waals surface area contributed by atoms with Crippen molar-refractivity contribution in [2.45, 2.75) is 38.8 Å². The van der Waals surface area contributed by atoms with Crippen LogP contribution in [-0.4, -0.2) is 62.2 Å². The zero-order chi connectivity index (χ0) is 15.2. The fourth-order valence-electron chi connectivity index (χ4n) is 3.23. The Kier molecular flexibility index (Phi) is 6.22. The number of likely N-dealkylation sites (N-methyl/N-ethyl adjacent to an activating group) is 2. The van der Waals surface area contributed by atoms with Crippen LogP contribution in [0.5, 0.6) is 0 Å². The van der Waals surface area contributed by atoms with Crippen molar-refractivity contribution in [2.75, 3.05) is 40.3 Å². The van der Waals surface area contributed by atoms with E-state index in [1.54, 1.807) is 0 Å². The normalized spacial score (nSPS) is 22.4. The van der Waals surface area contributed by atoms with Crippen LogP contribution in [0, 0.1) is 6.92 Å². The predicted molar refractivity (Wildman–Crippen MR) is 90.9 cm³/mol. The van der Waals surface area contributed by atoms with Gasteiger partial charge in [0.05, 0.1) is 0 Å². The summed E-state index contributed by atoms with van der Waals surface area (Å²) in [4.78, 5) is 4.99. The van der Waals surface area contributed by atoms with Gasteiger partial charge in [0.1, 0.15) is 0 Å². The first-order valence-electron chi connectivity index (χ1n) is 8.28. The second-order valence-electron chi connectivity index (χ2n) is 6.50. The Morgan fingerprint density at radius 3 is 2.71 bits per heavy atom. The molecule has 1 saturated heterocycles. The summed E-state index contributed by atoms with van der Waals surface area (Å²) in [5, 5.41) is 3.80. The van der Waals surface area contributed by atoms with Crippen molar-refractivity contribution in [3.63, 3.8) is 0 Å². The molecule has 1 heterocycles. The Hall–Kier alpha value is -0.900. The van der Waals surface area contributed by atoms with E-state index in [1.165, 1.54) is 30.6 Å². The Balaban J connectivity index is 2.11. The largest absolute Gasteiger partial charge is 0.312 e. The van der Waals surface area contributed by atoms with E-state index < -0.39 is 0 Å². The maximum atomic E-state index is 3.80. The van der Waals surface area contributed by atoms with Gasteiger partial charge in [0.15, 0.2) is 0 Å². The van der Waals surface area contributed by atoms with Crippen LogP contribution in [0.15, 0.2) is 24.3 Å². The van der Waals surface area contributed by atoms with E-state index in [-0.39, 0.29) is 0 Å². The fourth-order valence-corrected chi connectivity index (χ4v) is 3.23. The summed E-state index contributed by atoms with van der Waals surface area (Å²) in [6.45, 7) is 9.07. The summed E-state index contributed by atoms with van der Waals surface area (Å²) in [5.74, 6) is 0. The van der Waals surface area contributed by atoms with Gasteiger partial charge in [0.2, 0.25) is 0 Å². The maximum absolute atomic E-state index is 3.80. The lowest BCUT2D eigenvalue weighted by Crippen LogP contribution is -2.59. The zero-order valence-electron chi connectivity index (χ0n) is 14.1. The second kappa shape index (κ2) is 7.92. The van der Waals surface area contributed by atoms with E-state index in [1.807, 2.05) is 0 Å².